The van der Waals surface area contributed by atoms with Crippen molar-refractivity contribution in [2.45, 2.75) is 24.4 Å². The van der Waals surface area contributed by atoms with Crippen LogP contribution in [0.3, 0.4) is 0 Å². The molecule has 6 nitrogen and oxygen atoms in total. The highest BCUT2D eigenvalue weighted by atomic mass is 16.6. The van der Waals surface area contributed by atoms with Gasteiger partial charge in [-0.05, 0) is 51.9 Å². The summed E-state index contributed by atoms with van der Waals surface area (Å²) < 4.78 is 11.7. The molecule has 3 aromatic carbocycles. The second-order valence-electron chi connectivity index (χ2n) is 9.25. The smallest absolute Gasteiger partial charge is 0.410 e. The highest BCUT2D eigenvalue weighted by Crippen LogP contribution is 2.44. The number of carboxylic acids is 1. The van der Waals surface area contributed by atoms with E-state index in [1.165, 1.54) is 22.3 Å². The van der Waals surface area contributed by atoms with E-state index in [2.05, 4.69) is 24.3 Å². The molecule has 2 heterocycles. The third-order valence-corrected chi connectivity index (χ3v) is 7.23. The summed E-state index contributed by atoms with van der Waals surface area (Å²) >= 11 is 0. The summed E-state index contributed by atoms with van der Waals surface area (Å²) in [7, 11) is 0. The van der Waals surface area contributed by atoms with Gasteiger partial charge in [0.2, 0.25) is 0 Å². The van der Waals surface area contributed by atoms with Crippen LogP contribution in [0.5, 0.6) is 0 Å². The Labute approximate surface area is 203 Å². The zero-order valence-corrected chi connectivity index (χ0v) is 19.1. The SMILES string of the molecule is O=C(O)c1cccc(C2=CC3COCC(C2)N3C(=O)OCC2c3ccccc3-c3ccccc32)c1. The molecule has 1 fully saturated rings. The van der Waals surface area contributed by atoms with E-state index in [-0.39, 0.29) is 36.3 Å². The third-order valence-electron chi connectivity index (χ3n) is 7.23. The van der Waals surface area contributed by atoms with E-state index in [9.17, 15) is 14.7 Å². The van der Waals surface area contributed by atoms with Crippen LogP contribution in [0.2, 0.25) is 0 Å². The van der Waals surface area contributed by atoms with Crippen LogP contribution in [0.1, 0.15) is 39.4 Å². The van der Waals surface area contributed by atoms with E-state index in [4.69, 9.17) is 9.47 Å². The van der Waals surface area contributed by atoms with Gasteiger partial charge in [-0.3, -0.25) is 4.90 Å². The van der Waals surface area contributed by atoms with Crippen molar-refractivity contribution in [3.8, 4) is 11.1 Å². The highest BCUT2D eigenvalue weighted by molar-refractivity contribution is 5.89. The van der Waals surface area contributed by atoms with Gasteiger partial charge in [-0.2, -0.15) is 0 Å². The molecule has 1 N–H and O–H groups in total. The maximum Gasteiger partial charge on any atom is 0.410 e. The molecule has 0 spiro atoms. The van der Waals surface area contributed by atoms with Crippen molar-refractivity contribution < 1.29 is 24.2 Å². The molecule has 0 radical (unpaired) electrons. The Morgan fingerprint density at radius 1 is 0.943 bits per heavy atom. The first-order valence-electron chi connectivity index (χ1n) is 11.9. The molecule has 1 amide bonds. The van der Waals surface area contributed by atoms with Gasteiger partial charge < -0.3 is 14.6 Å². The Morgan fingerprint density at radius 2 is 1.66 bits per heavy atom. The normalized spacial score (nSPS) is 20.6. The Kier molecular flexibility index (Phi) is 5.38. The van der Waals surface area contributed by atoms with E-state index in [1.807, 2.05) is 36.4 Å². The lowest BCUT2D eigenvalue weighted by molar-refractivity contribution is -0.0331. The molecule has 1 saturated heterocycles. The molecule has 0 aromatic heterocycles. The standard InChI is InChI=1S/C29H25NO5/c31-28(32)19-7-5-6-18(12-19)20-13-21-15-34-16-22(14-20)30(21)29(33)35-17-27-25-10-3-1-8-23(25)24-9-2-4-11-26(24)27/h1-13,21-22,27H,14-17H2,(H,31,32). The fourth-order valence-electron chi connectivity index (χ4n) is 5.62. The summed E-state index contributed by atoms with van der Waals surface area (Å²) in [5, 5.41) is 9.35. The minimum absolute atomic E-state index is 0.0112. The van der Waals surface area contributed by atoms with Gasteiger partial charge in [0, 0.05) is 5.92 Å². The first-order valence-corrected chi connectivity index (χ1v) is 11.9. The summed E-state index contributed by atoms with van der Waals surface area (Å²) in [6, 6.07) is 23.1. The van der Waals surface area contributed by atoms with Crippen LogP contribution in [0.4, 0.5) is 4.79 Å². The monoisotopic (exact) mass is 467 g/mol. The number of aromatic carboxylic acids is 1. The quantitative estimate of drug-likeness (QED) is 0.572. The molecule has 6 rings (SSSR count). The fourth-order valence-corrected chi connectivity index (χ4v) is 5.62. The molecule has 6 heteroatoms. The van der Waals surface area contributed by atoms with Crippen molar-refractivity contribution in [2.75, 3.05) is 19.8 Å². The predicted molar refractivity (Wildman–Crippen MR) is 131 cm³/mol. The van der Waals surface area contributed by atoms with E-state index >= 15 is 0 Å². The van der Waals surface area contributed by atoms with Crippen molar-refractivity contribution in [1.82, 2.24) is 4.90 Å². The van der Waals surface area contributed by atoms with Crippen LogP contribution in [0, 0.1) is 0 Å². The van der Waals surface area contributed by atoms with Crippen molar-refractivity contribution >= 4 is 17.6 Å². The predicted octanol–water partition coefficient (Wildman–Crippen LogP) is 5.19. The second-order valence-corrected chi connectivity index (χ2v) is 9.25. The zero-order valence-electron chi connectivity index (χ0n) is 19.1. The molecule has 3 aliphatic rings. The number of hydrogen-bond donors (Lipinski definition) is 1. The average Bonchev–Trinajstić information content (AvgIpc) is 3.20. The molecular formula is C29H25NO5. The molecule has 3 aromatic rings. The van der Waals surface area contributed by atoms with Crippen LogP contribution in [-0.2, 0) is 9.47 Å². The van der Waals surface area contributed by atoms with E-state index in [0.717, 1.165) is 11.1 Å². The summed E-state index contributed by atoms with van der Waals surface area (Å²) in [5.41, 5.74) is 6.92. The first-order chi connectivity index (χ1) is 17.1. The van der Waals surface area contributed by atoms with Gasteiger partial charge >= 0.3 is 12.1 Å². The first kappa shape index (κ1) is 21.6. The molecule has 2 atom stereocenters. The van der Waals surface area contributed by atoms with Crippen molar-refractivity contribution in [1.29, 1.82) is 0 Å². The molecule has 2 bridgehead atoms. The number of benzene rings is 3. The third kappa shape index (κ3) is 3.80. The zero-order chi connectivity index (χ0) is 23.9. The summed E-state index contributed by atoms with van der Waals surface area (Å²) in [4.78, 5) is 26.5. The van der Waals surface area contributed by atoms with Gasteiger partial charge in [-0.15, -0.1) is 0 Å². The van der Waals surface area contributed by atoms with E-state index < -0.39 is 5.97 Å². The number of nitrogens with zero attached hydrogens (tertiary/aromatic N) is 1. The minimum Gasteiger partial charge on any atom is -0.478 e. The Hall–Kier alpha value is -3.90. The van der Waals surface area contributed by atoms with Gasteiger partial charge in [0.05, 0.1) is 30.9 Å². The number of carboxylic acid groups (broad SMARTS) is 1. The maximum absolute atomic E-state index is 13.3. The van der Waals surface area contributed by atoms with Crippen LogP contribution >= 0.6 is 0 Å². The fraction of sp³-hybridized carbons (Fsp3) is 0.241. The van der Waals surface area contributed by atoms with Gasteiger partial charge in [-0.1, -0.05) is 66.7 Å². The van der Waals surface area contributed by atoms with Crippen molar-refractivity contribution in [2.24, 2.45) is 0 Å². The lowest BCUT2D eigenvalue weighted by Crippen LogP contribution is -2.56. The molecule has 176 valence electrons. The molecular weight excluding hydrogens is 442 g/mol. The van der Waals surface area contributed by atoms with E-state index in [0.29, 0.717) is 19.6 Å². The molecule has 1 aliphatic carbocycles. The Morgan fingerprint density at radius 3 is 2.34 bits per heavy atom. The Bertz CT molecular complexity index is 1300. The lowest BCUT2D eigenvalue weighted by Gasteiger charge is -2.44. The second kappa shape index (κ2) is 8.71. The van der Waals surface area contributed by atoms with Gasteiger partial charge in [0.25, 0.3) is 0 Å². The maximum atomic E-state index is 13.3. The van der Waals surface area contributed by atoms with Crippen LogP contribution in [0.25, 0.3) is 16.7 Å². The molecule has 0 saturated carbocycles. The summed E-state index contributed by atoms with van der Waals surface area (Å²) in [5.74, 6) is -0.941. The lowest BCUT2D eigenvalue weighted by atomic mass is 9.89. The number of ether oxygens (including phenoxy) is 2. The van der Waals surface area contributed by atoms with Gasteiger partial charge in [0.1, 0.15) is 6.61 Å². The van der Waals surface area contributed by atoms with Crippen LogP contribution < -0.4 is 0 Å². The minimum atomic E-state index is -0.952. The number of carbonyl (C=O) groups excluding carboxylic acids is 1. The number of hydrogen-bond acceptors (Lipinski definition) is 4. The molecule has 2 aliphatic heterocycles. The number of morpholine rings is 1. The number of carbonyl (C=O) groups is 2. The van der Waals surface area contributed by atoms with E-state index in [1.54, 1.807) is 23.1 Å². The van der Waals surface area contributed by atoms with Crippen LogP contribution in [0.15, 0.2) is 78.9 Å². The summed E-state index contributed by atoms with van der Waals surface area (Å²) in [6.45, 7) is 1.10. The highest BCUT2D eigenvalue weighted by Gasteiger charge is 2.40. The summed E-state index contributed by atoms with van der Waals surface area (Å²) in [6.07, 6.45) is 2.27. The topological polar surface area (TPSA) is 76.1 Å². The molecule has 2 unspecified atom stereocenters. The van der Waals surface area contributed by atoms with Crippen molar-refractivity contribution in [3.05, 3.63) is 101 Å². The number of rotatable bonds is 4. The van der Waals surface area contributed by atoms with Crippen LogP contribution in [-0.4, -0.2) is 54.0 Å². The molecule has 35 heavy (non-hydrogen) atoms. The average molecular weight is 468 g/mol. The van der Waals surface area contributed by atoms with Gasteiger partial charge in [0.15, 0.2) is 0 Å². The Balaban J connectivity index is 1.22. The van der Waals surface area contributed by atoms with Crippen molar-refractivity contribution in [3.63, 3.8) is 0 Å². The number of amides is 1. The number of fused-ring (bicyclic) bond motifs is 5. The van der Waals surface area contributed by atoms with Gasteiger partial charge in [-0.25, -0.2) is 9.59 Å². The largest absolute Gasteiger partial charge is 0.478 e.